The molecular weight excluding hydrogens is 206 g/mol. The molecule has 0 bridgehead atoms. The van der Waals surface area contributed by atoms with E-state index in [0.717, 1.165) is 12.2 Å². The number of hydrogen-bond donors (Lipinski definition) is 2. The molecule has 0 aliphatic rings. The lowest BCUT2D eigenvalue weighted by Gasteiger charge is -2.13. The third-order valence-corrected chi connectivity index (χ3v) is 2.23. The number of anilines is 2. The van der Waals surface area contributed by atoms with Gasteiger partial charge in [-0.15, -0.1) is 0 Å². The lowest BCUT2D eigenvalue weighted by Crippen LogP contribution is -2.27. The highest BCUT2D eigenvalue weighted by Crippen LogP contribution is 2.15. The van der Waals surface area contributed by atoms with E-state index in [-0.39, 0.29) is 0 Å². The van der Waals surface area contributed by atoms with Crippen molar-refractivity contribution in [2.24, 2.45) is 0 Å². The Labute approximate surface area is 96.5 Å². The molecule has 82 valence electrons. The van der Waals surface area contributed by atoms with Gasteiger partial charge in [0, 0.05) is 32.0 Å². The minimum Gasteiger partial charge on any atom is -0.378 e. The second kappa shape index (κ2) is 5.56. The fourth-order valence-electron chi connectivity index (χ4n) is 1.18. The molecule has 4 heteroatoms. The summed E-state index contributed by atoms with van der Waals surface area (Å²) < 4.78 is 0. The molecule has 1 rings (SSSR count). The van der Waals surface area contributed by atoms with Gasteiger partial charge < -0.3 is 15.5 Å². The van der Waals surface area contributed by atoms with Gasteiger partial charge in [0.05, 0.1) is 0 Å². The molecule has 0 atom stereocenters. The highest BCUT2D eigenvalue weighted by molar-refractivity contribution is 7.80. The van der Waals surface area contributed by atoms with Gasteiger partial charge in [0.1, 0.15) is 0 Å². The van der Waals surface area contributed by atoms with E-state index >= 15 is 0 Å². The SMILES string of the molecule is CCNC(=S)Nc1ccc(N(C)C)cc1. The van der Waals surface area contributed by atoms with Gasteiger partial charge in [-0.05, 0) is 43.4 Å². The Morgan fingerprint density at radius 2 is 1.87 bits per heavy atom. The second-order valence-corrected chi connectivity index (χ2v) is 3.83. The monoisotopic (exact) mass is 223 g/mol. The van der Waals surface area contributed by atoms with Crippen LogP contribution >= 0.6 is 12.2 Å². The van der Waals surface area contributed by atoms with Crippen molar-refractivity contribution in [3.05, 3.63) is 24.3 Å². The highest BCUT2D eigenvalue weighted by Gasteiger charge is 1.97. The van der Waals surface area contributed by atoms with E-state index < -0.39 is 0 Å². The predicted octanol–water partition coefficient (Wildman–Crippen LogP) is 2.06. The molecule has 0 amide bonds. The summed E-state index contributed by atoms with van der Waals surface area (Å²) in [5, 5.41) is 6.81. The first-order valence-electron chi connectivity index (χ1n) is 4.95. The molecule has 0 spiro atoms. The van der Waals surface area contributed by atoms with Gasteiger partial charge >= 0.3 is 0 Å². The average molecular weight is 223 g/mol. The molecule has 3 nitrogen and oxygen atoms in total. The fraction of sp³-hybridized carbons (Fsp3) is 0.364. The van der Waals surface area contributed by atoms with Crippen LogP contribution in [0.5, 0.6) is 0 Å². The number of nitrogens with zero attached hydrogens (tertiary/aromatic N) is 1. The van der Waals surface area contributed by atoms with Crippen LogP contribution in [0.4, 0.5) is 11.4 Å². The molecule has 0 heterocycles. The lowest BCUT2D eigenvalue weighted by atomic mass is 10.2. The maximum atomic E-state index is 5.09. The van der Waals surface area contributed by atoms with Gasteiger partial charge in [-0.25, -0.2) is 0 Å². The second-order valence-electron chi connectivity index (χ2n) is 3.43. The van der Waals surface area contributed by atoms with Crippen LogP contribution in [0.25, 0.3) is 0 Å². The van der Waals surface area contributed by atoms with Crippen molar-refractivity contribution in [2.75, 3.05) is 30.9 Å². The maximum absolute atomic E-state index is 5.09. The van der Waals surface area contributed by atoms with Crippen LogP contribution in [0.3, 0.4) is 0 Å². The summed E-state index contributed by atoms with van der Waals surface area (Å²) in [6.45, 7) is 2.85. The first-order valence-corrected chi connectivity index (χ1v) is 5.36. The van der Waals surface area contributed by atoms with E-state index in [9.17, 15) is 0 Å². The van der Waals surface area contributed by atoms with Crippen molar-refractivity contribution in [1.82, 2.24) is 5.32 Å². The quantitative estimate of drug-likeness (QED) is 0.767. The Balaban J connectivity index is 2.60. The Bertz CT molecular complexity index is 319. The lowest BCUT2D eigenvalue weighted by molar-refractivity contribution is 0.979. The van der Waals surface area contributed by atoms with E-state index in [4.69, 9.17) is 12.2 Å². The summed E-state index contributed by atoms with van der Waals surface area (Å²) in [5.41, 5.74) is 2.18. The molecule has 0 saturated carbocycles. The molecule has 0 radical (unpaired) electrons. The topological polar surface area (TPSA) is 27.3 Å². The van der Waals surface area contributed by atoms with E-state index in [0.29, 0.717) is 5.11 Å². The van der Waals surface area contributed by atoms with Crippen LogP contribution in [0.15, 0.2) is 24.3 Å². The summed E-state index contributed by atoms with van der Waals surface area (Å²) in [5.74, 6) is 0. The van der Waals surface area contributed by atoms with Crippen LogP contribution < -0.4 is 15.5 Å². The van der Waals surface area contributed by atoms with Gasteiger partial charge in [-0.1, -0.05) is 0 Å². The zero-order chi connectivity index (χ0) is 11.3. The first-order chi connectivity index (χ1) is 7.13. The van der Waals surface area contributed by atoms with Gasteiger partial charge in [-0.2, -0.15) is 0 Å². The zero-order valence-corrected chi connectivity index (χ0v) is 10.2. The number of hydrogen-bond acceptors (Lipinski definition) is 2. The Hall–Kier alpha value is -1.29. The Kier molecular flexibility index (Phi) is 4.37. The van der Waals surface area contributed by atoms with E-state index in [2.05, 4.69) is 27.7 Å². The first kappa shape index (κ1) is 11.8. The number of rotatable bonds is 3. The van der Waals surface area contributed by atoms with E-state index in [1.807, 2.05) is 33.2 Å². The van der Waals surface area contributed by atoms with Gasteiger partial charge in [0.15, 0.2) is 5.11 Å². The Morgan fingerprint density at radius 3 is 2.33 bits per heavy atom. The van der Waals surface area contributed by atoms with Gasteiger partial charge in [0.25, 0.3) is 0 Å². The third kappa shape index (κ3) is 3.75. The molecule has 0 saturated heterocycles. The van der Waals surface area contributed by atoms with Crippen molar-refractivity contribution in [3.63, 3.8) is 0 Å². The normalized spacial score (nSPS) is 9.53. The molecule has 1 aromatic rings. The average Bonchev–Trinajstić information content (AvgIpc) is 2.18. The molecule has 1 aromatic carbocycles. The number of benzene rings is 1. The molecule has 2 N–H and O–H groups in total. The molecule has 0 aromatic heterocycles. The molecule has 0 aliphatic heterocycles. The summed E-state index contributed by atoms with van der Waals surface area (Å²) in [6.07, 6.45) is 0. The fourth-order valence-corrected chi connectivity index (χ4v) is 1.44. The van der Waals surface area contributed by atoms with Crippen LogP contribution in [0.1, 0.15) is 6.92 Å². The minimum absolute atomic E-state index is 0.662. The Morgan fingerprint density at radius 1 is 1.27 bits per heavy atom. The third-order valence-electron chi connectivity index (χ3n) is 1.98. The van der Waals surface area contributed by atoms with E-state index in [1.165, 1.54) is 5.69 Å². The van der Waals surface area contributed by atoms with E-state index in [1.54, 1.807) is 0 Å². The predicted molar refractivity (Wildman–Crippen MR) is 70.7 cm³/mol. The summed E-state index contributed by atoms with van der Waals surface area (Å²) in [6, 6.07) is 8.13. The minimum atomic E-state index is 0.662. The van der Waals surface area contributed by atoms with Gasteiger partial charge in [-0.3, -0.25) is 0 Å². The van der Waals surface area contributed by atoms with Crippen LogP contribution in [0.2, 0.25) is 0 Å². The molecular formula is C11H17N3S. The summed E-state index contributed by atoms with van der Waals surface area (Å²) in [4.78, 5) is 2.06. The highest BCUT2D eigenvalue weighted by atomic mass is 32.1. The largest absolute Gasteiger partial charge is 0.378 e. The maximum Gasteiger partial charge on any atom is 0.170 e. The van der Waals surface area contributed by atoms with Crippen molar-refractivity contribution < 1.29 is 0 Å². The molecule has 0 aliphatic carbocycles. The van der Waals surface area contributed by atoms with Crippen molar-refractivity contribution in [3.8, 4) is 0 Å². The molecule has 0 fully saturated rings. The standard InChI is InChI=1S/C11H17N3S/c1-4-12-11(15)13-9-5-7-10(8-6-9)14(2)3/h5-8H,4H2,1-3H3,(H2,12,13,15). The van der Waals surface area contributed by atoms with Crippen LogP contribution in [-0.4, -0.2) is 25.8 Å². The smallest absolute Gasteiger partial charge is 0.170 e. The summed E-state index contributed by atoms with van der Waals surface area (Å²) in [7, 11) is 4.04. The number of nitrogens with one attached hydrogen (secondary N) is 2. The van der Waals surface area contributed by atoms with Crippen LogP contribution in [-0.2, 0) is 0 Å². The van der Waals surface area contributed by atoms with Crippen molar-refractivity contribution in [1.29, 1.82) is 0 Å². The van der Waals surface area contributed by atoms with Crippen molar-refractivity contribution >= 4 is 28.7 Å². The number of thiocarbonyl (C=S) groups is 1. The van der Waals surface area contributed by atoms with Gasteiger partial charge in [0.2, 0.25) is 0 Å². The zero-order valence-electron chi connectivity index (χ0n) is 9.37. The summed E-state index contributed by atoms with van der Waals surface area (Å²) >= 11 is 5.09. The molecule has 0 unspecified atom stereocenters. The van der Waals surface area contributed by atoms with Crippen LogP contribution in [0, 0.1) is 0 Å². The molecule has 15 heavy (non-hydrogen) atoms. The van der Waals surface area contributed by atoms with Crippen molar-refractivity contribution in [2.45, 2.75) is 6.92 Å².